The van der Waals surface area contributed by atoms with Gasteiger partial charge in [-0.15, -0.1) is 11.6 Å². The van der Waals surface area contributed by atoms with Gasteiger partial charge in [-0.25, -0.2) is 0 Å². The number of benzene rings is 1. The second kappa shape index (κ2) is 6.68. The third-order valence-electron chi connectivity index (χ3n) is 6.22. The lowest BCUT2D eigenvalue weighted by molar-refractivity contribution is -0.131. The Balaban J connectivity index is 1.73. The Morgan fingerprint density at radius 1 is 1.28 bits per heavy atom. The van der Waals surface area contributed by atoms with E-state index >= 15 is 0 Å². The second-order valence-corrected chi connectivity index (χ2v) is 8.26. The molecule has 4 heteroatoms. The molecule has 4 aliphatic carbocycles. The molecular weight excluding hydrogens is 336 g/mol. The number of carbonyl (C=O) groups excluding carboxylic acids is 1. The van der Waals surface area contributed by atoms with Gasteiger partial charge >= 0.3 is 5.97 Å². The zero-order valence-electron chi connectivity index (χ0n) is 14.7. The van der Waals surface area contributed by atoms with E-state index in [4.69, 9.17) is 21.1 Å². The van der Waals surface area contributed by atoms with Crippen molar-refractivity contribution in [2.75, 3.05) is 12.5 Å². The largest absolute Gasteiger partial charge is 0.500 e. The molecule has 4 aliphatic rings. The van der Waals surface area contributed by atoms with Crippen LogP contribution in [0, 0.1) is 17.8 Å². The van der Waals surface area contributed by atoms with Crippen molar-refractivity contribution in [3.8, 4) is 5.75 Å². The minimum absolute atomic E-state index is 0.0389. The number of esters is 1. The second-order valence-electron chi connectivity index (χ2n) is 7.88. The van der Waals surface area contributed by atoms with E-state index in [1.807, 2.05) is 18.4 Å². The quantitative estimate of drug-likeness (QED) is 0.248. The highest BCUT2D eigenvalue weighted by Gasteiger charge is 2.55. The van der Waals surface area contributed by atoms with Crippen molar-refractivity contribution in [2.45, 2.75) is 44.4 Å². The molecule has 0 amide bonds. The molecule has 2 atom stereocenters. The molecular formula is C21H25ClO3. The number of allylic oxidation sites excluding steroid dienone is 1. The Morgan fingerprint density at radius 3 is 2.72 bits per heavy atom. The van der Waals surface area contributed by atoms with E-state index in [9.17, 15) is 4.79 Å². The Morgan fingerprint density at radius 2 is 2.04 bits per heavy atom. The minimum Gasteiger partial charge on any atom is -0.500 e. The van der Waals surface area contributed by atoms with Crippen LogP contribution < -0.4 is 4.74 Å². The summed E-state index contributed by atoms with van der Waals surface area (Å²) >= 11 is 5.79. The van der Waals surface area contributed by atoms with Gasteiger partial charge in [0.05, 0.1) is 12.1 Å². The van der Waals surface area contributed by atoms with Crippen molar-refractivity contribution in [1.82, 2.24) is 0 Å². The van der Waals surface area contributed by atoms with E-state index in [2.05, 4.69) is 12.1 Å². The lowest BCUT2D eigenvalue weighted by atomic mass is 9.46. The number of hydrogen-bond donors (Lipinski definition) is 0. The van der Waals surface area contributed by atoms with Crippen LogP contribution in [0.3, 0.4) is 0 Å². The van der Waals surface area contributed by atoms with E-state index in [1.54, 1.807) is 0 Å². The third-order valence-corrected chi connectivity index (χ3v) is 6.38. The van der Waals surface area contributed by atoms with Crippen LogP contribution in [0.25, 0.3) is 0 Å². The van der Waals surface area contributed by atoms with Crippen LogP contribution in [0.5, 0.6) is 5.75 Å². The zero-order chi connectivity index (χ0) is 17.4. The first-order valence-corrected chi connectivity index (χ1v) is 9.81. The van der Waals surface area contributed by atoms with Crippen molar-refractivity contribution in [1.29, 1.82) is 0 Å². The first-order valence-electron chi connectivity index (χ1n) is 9.28. The van der Waals surface area contributed by atoms with E-state index < -0.39 is 0 Å². The lowest BCUT2D eigenvalue weighted by Gasteiger charge is -2.58. The molecule has 5 rings (SSSR count). The molecule has 0 heterocycles. The first kappa shape index (κ1) is 17.0. The minimum atomic E-state index is -0.274. The van der Waals surface area contributed by atoms with Crippen LogP contribution in [0.1, 0.15) is 44.6 Å². The van der Waals surface area contributed by atoms with Crippen LogP contribution in [0.2, 0.25) is 0 Å². The van der Waals surface area contributed by atoms with Gasteiger partial charge in [-0.3, -0.25) is 4.79 Å². The highest BCUT2D eigenvalue weighted by atomic mass is 35.5. The third kappa shape index (κ3) is 3.08. The summed E-state index contributed by atoms with van der Waals surface area (Å²) < 4.78 is 11.1. The molecule has 0 radical (unpaired) electrons. The molecule has 25 heavy (non-hydrogen) atoms. The molecule has 0 saturated heterocycles. The fourth-order valence-electron chi connectivity index (χ4n) is 5.68. The monoisotopic (exact) mass is 360 g/mol. The van der Waals surface area contributed by atoms with Crippen molar-refractivity contribution in [3.05, 3.63) is 41.7 Å². The molecule has 0 aliphatic heterocycles. The number of alkyl halides is 1. The van der Waals surface area contributed by atoms with Crippen molar-refractivity contribution >= 4 is 17.6 Å². The average molecular weight is 361 g/mol. The molecule has 3 nitrogen and oxygen atoms in total. The summed E-state index contributed by atoms with van der Waals surface area (Å²) in [5, 5.41) is 0. The number of ether oxygens (including phenoxy) is 2. The van der Waals surface area contributed by atoms with Crippen LogP contribution in [-0.4, -0.2) is 18.5 Å². The molecule has 1 aromatic carbocycles. The molecule has 2 unspecified atom stereocenters. The van der Waals surface area contributed by atoms with E-state index in [0.717, 1.165) is 11.8 Å². The fraction of sp³-hybridized carbons (Fsp3) is 0.571. The van der Waals surface area contributed by atoms with Gasteiger partial charge in [0, 0.05) is 12.3 Å². The average Bonchev–Trinajstić information content (AvgIpc) is 2.56. The zero-order valence-corrected chi connectivity index (χ0v) is 15.4. The highest BCUT2D eigenvalue weighted by Crippen LogP contribution is 2.63. The van der Waals surface area contributed by atoms with Gasteiger partial charge in [-0.05, 0) is 73.1 Å². The summed E-state index contributed by atoms with van der Waals surface area (Å²) in [6.45, 7) is 2.00. The number of carbonyl (C=O) groups is 1. The molecule has 4 bridgehead atoms. The molecule has 134 valence electrons. The number of halogens is 1. The van der Waals surface area contributed by atoms with Gasteiger partial charge in [0.2, 0.25) is 0 Å². The maximum atomic E-state index is 11.3. The molecule has 1 aromatic rings. The first-order chi connectivity index (χ1) is 12.1. The van der Waals surface area contributed by atoms with Gasteiger partial charge in [-0.1, -0.05) is 12.1 Å². The van der Waals surface area contributed by atoms with Crippen LogP contribution >= 0.6 is 11.6 Å². The van der Waals surface area contributed by atoms with Gasteiger partial charge in [-0.2, -0.15) is 0 Å². The van der Waals surface area contributed by atoms with Gasteiger partial charge in [0.1, 0.15) is 12.4 Å². The Labute approximate surface area is 154 Å². The summed E-state index contributed by atoms with van der Waals surface area (Å²) in [6, 6.07) is 8.11. The maximum absolute atomic E-state index is 11.3. The summed E-state index contributed by atoms with van der Waals surface area (Å²) in [5.74, 6) is 3.11. The molecule has 4 fully saturated rings. The predicted molar refractivity (Wildman–Crippen MR) is 97.7 cm³/mol. The summed E-state index contributed by atoms with van der Waals surface area (Å²) in [4.78, 5) is 11.3. The normalized spacial score (nSPS) is 34.3. The highest BCUT2D eigenvalue weighted by molar-refractivity contribution is 6.17. The number of rotatable bonds is 5. The molecule has 4 saturated carbocycles. The topological polar surface area (TPSA) is 35.5 Å². The van der Waals surface area contributed by atoms with Gasteiger partial charge < -0.3 is 9.47 Å². The summed E-state index contributed by atoms with van der Waals surface area (Å²) in [6.07, 6.45) is 8.32. The van der Waals surface area contributed by atoms with Crippen LogP contribution in [0.15, 0.2) is 36.1 Å². The van der Waals surface area contributed by atoms with Crippen LogP contribution in [0.4, 0.5) is 0 Å². The lowest BCUT2D eigenvalue weighted by Crippen LogP contribution is -2.50. The fourth-order valence-corrected chi connectivity index (χ4v) is 5.76. The Kier molecular flexibility index (Phi) is 4.53. The Hall–Kier alpha value is -1.48. The molecule has 0 N–H and O–H groups in total. The van der Waals surface area contributed by atoms with E-state index in [1.165, 1.54) is 50.2 Å². The summed E-state index contributed by atoms with van der Waals surface area (Å²) in [7, 11) is 0. The number of hydrogen-bond acceptors (Lipinski definition) is 3. The predicted octanol–water partition coefficient (Wildman–Crippen LogP) is 4.83. The smallest absolute Gasteiger partial charge is 0.308 e. The van der Waals surface area contributed by atoms with Crippen molar-refractivity contribution < 1.29 is 14.3 Å². The molecule has 0 spiro atoms. The van der Waals surface area contributed by atoms with Crippen LogP contribution in [-0.2, 0) is 14.9 Å². The van der Waals surface area contributed by atoms with Gasteiger partial charge in [0.25, 0.3) is 0 Å². The van der Waals surface area contributed by atoms with E-state index in [0.29, 0.717) is 24.2 Å². The maximum Gasteiger partial charge on any atom is 0.308 e. The Bertz CT molecular complexity index is 682. The standard InChI is InChI=1S/C21H25ClO3/c1-14(23)25-19-4-2-3-18(10-19)21-11-15-7-16(12-21)9-17(8-15)20(21)13-24-6-5-22/h2-4,10,13,15-17H,5-9,11-12H2,1H3. The van der Waals surface area contributed by atoms with Crippen molar-refractivity contribution in [3.63, 3.8) is 0 Å². The van der Waals surface area contributed by atoms with Crippen molar-refractivity contribution in [2.24, 2.45) is 17.8 Å². The van der Waals surface area contributed by atoms with E-state index in [-0.39, 0.29) is 11.4 Å². The SMILES string of the molecule is CC(=O)Oc1cccc(C23CC4CC(CC(C4)C2=COCCCl)C3)c1. The molecule has 0 aromatic heterocycles. The summed E-state index contributed by atoms with van der Waals surface area (Å²) in [5.41, 5.74) is 2.74. The van der Waals surface area contributed by atoms with Gasteiger partial charge in [0.15, 0.2) is 0 Å².